The first kappa shape index (κ1) is 13.7. The third-order valence-electron chi connectivity index (χ3n) is 2.86. The Balaban J connectivity index is 2.00. The molecule has 1 N–H and O–H groups in total. The van der Waals surface area contributed by atoms with E-state index < -0.39 is 0 Å². The molecule has 2 aromatic rings. The lowest BCUT2D eigenvalue weighted by molar-refractivity contribution is 0.530. The van der Waals surface area contributed by atoms with Crippen LogP contribution in [0.5, 0.6) is 0 Å². The molecule has 1 aromatic carbocycles. The van der Waals surface area contributed by atoms with Gasteiger partial charge in [0.15, 0.2) is 0 Å². The Bertz CT molecular complexity index is 519. The number of aryl methyl sites for hydroxylation is 1. The fourth-order valence-electron chi connectivity index (χ4n) is 1.79. The quantitative estimate of drug-likeness (QED) is 0.849. The van der Waals surface area contributed by atoms with Gasteiger partial charge in [-0.2, -0.15) is 0 Å². The van der Waals surface area contributed by atoms with Gasteiger partial charge in [0, 0.05) is 32.4 Å². The summed E-state index contributed by atoms with van der Waals surface area (Å²) in [5.41, 5.74) is 0.713. The first-order valence-corrected chi connectivity index (χ1v) is 7.41. The standard InChI is InChI=1S/C14H15BrFNS/c1-9(12-5-3-4-6-14(12)16)17-8-11-7-13(15)10(2)18-11/h3-7,9,17H,8H2,1-2H3. The Morgan fingerprint density at radius 2 is 2.11 bits per heavy atom. The molecule has 0 spiro atoms. The molecule has 1 unspecified atom stereocenters. The summed E-state index contributed by atoms with van der Waals surface area (Å²) in [5.74, 6) is -0.152. The van der Waals surface area contributed by atoms with Gasteiger partial charge in [-0.1, -0.05) is 18.2 Å². The van der Waals surface area contributed by atoms with Crippen LogP contribution in [0.4, 0.5) is 4.39 Å². The molecule has 4 heteroatoms. The van der Waals surface area contributed by atoms with Gasteiger partial charge < -0.3 is 5.32 Å². The minimum Gasteiger partial charge on any atom is -0.305 e. The molecular weight excluding hydrogens is 313 g/mol. The van der Waals surface area contributed by atoms with E-state index in [2.05, 4.69) is 34.2 Å². The molecule has 1 nitrogen and oxygen atoms in total. The van der Waals surface area contributed by atoms with Gasteiger partial charge in [-0.3, -0.25) is 0 Å². The third-order valence-corrected chi connectivity index (χ3v) is 5.00. The smallest absolute Gasteiger partial charge is 0.127 e. The summed E-state index contributed by atoms with van der Waals surface area (Å²) in [6.45, 7) is 4.82. The van der Waals surface area contributed by atoms with E-state index in [0.29, 0.717) is 5.56 Å². The second-order valence-electron chi connectivity index (χ2n) is 4.24. The van der Waals surface area contributed by atoms with Crippen molar-refractivity contribution in [2.45, 2.75) is 26.4 Å². The fraction of sp³-hybridized carbons (Fsp3) is 0.286. The van der Waals surface area contributed by atoms with Gasteiger partial charge in [-0.15, -0.1) is 11.3 Å². The molecule has 0 aliphatic heterocycles. The fourth-order valence-corrected chi connectivity index (χ4v) is 3.35. The number of benzene rings is 1. The highest BCUT2D eigenvalue weighted by molar-refractivity contribution is 9.10. The number of hydrogen-bond acceptors (Lipinski definition) is 2. The van der Waals surface area contributed by atoms with Gasteiger partial charge in [-0.25, -0.2) is 4.39 Å². The predicted octanol–water partition coefficient (Wildman–Crippen LogP) is 4.81. The average Bonchev–Trinajstić information content (AvgIpc) is 2.66. The largest absolute Gasteiger partial charge is 0.305 e. The SMILES string of the molecule is Cc1sc(CNC(C)c2ccccc2F)cc1Br. The minimum absolute atomic E-state index is 0.00683. The first-order chi connectivity index (χ1) is 8.58. The third kappa shape index (κ3) is 3.19. The molecule has 0 fully saturated rings. The molecule has 96 valence electrons. The van der Waals surface area contributed by atoms with E-state index in [1.807, 2.05) is 19.1 Å². The molecular formula is C14H15BrFNS. The first-order valence-electron chi connectivity index (χ1n) is 5.80. The summed E-state index contributed by atoms with van der Waals surface area (Å²) in [5, 5.41) is 3.35. The van der Waals surface area contributed by atoms with Crippen molar-refractivity contribution in [3.63, 3.8) is 0 Å². The van der Waals surface area contributed by atoms with Gasteiger partial charge in [-0.05, 0) is 41.9 Å². The van der Waals surface area contributed by atoms with Crippen LogP contribution in [-0.4, -0.2) is 0 Å². The predicted molar refractivity (Wildman–Crippen MR) is 78.4 cm³/mol. The van der Waals surface area contributed by atoms with Gasteiger partial charge in [0.05, 0.1) is 0 Å². The molecule has 0 aliphatic carbocycles. The summed E-state index contributed by atoms with van der Waals surface area (Å²) >= 11 is 5.25. The van der Waals surface area contributed by atoms with Crippen LogP contribution in [0.15, 0.2) is 34.8 Å². The number of hydrogen-bond donors (Lipinski definition) is 1. The molecule has 0 bridgehead atoms. The van der Waals surface area contributed by atoms with Crippen LogP contribution in [0.2, 0.25) is 0 Å². The van der Waals surface area contributed by atoms with E-state index in [9.17, 15) is 4.39 Å². The summed E-state index contributed by atoms with van der Waals surface area (Å²) in [4.78, 5) is 2.52. The zero-order chi connectivity index (χ0) is 13.1. The molecule has 0 saturated carbocycles. The lowest BCUT2D eigenvalue weighted by atomic mass is 10.1. The van der Waals surface area contributed by atoms with Crippen LogP contribution >= 0.6 is 27.3 Å². The molecule has 0 aliphatic rings. The van der Waals surface area contributed by atoms with Crippen molar-refractivity contribution in [3.05, 3.63) is 55.9 Å². The van der Waals surface area contributed by atoms with E-state index >= 15 is 0 Å². The molecule has 1 atom stereocenters. The van der Waals surface area contributed by atoms with Crippen LogP contribution in [0.1, 0.15) is 28.3 Å². The number of thiophene rings is 1. The number of rotatable bonds is 4. The highest BCUT2D eigenvalue weighted by Crippen LogP contribution is 2.26. The number of halogens is 2. The van der Waals surface area contributed by atoms with E-state index in [0.717, 1.165) is 11.0 Å². The Kier molecular flexibility index (Phi) is 4.54. The summed E-state index contributed by atoms with van der Waals surface area (Å²) in [7, 11) is 0. The lowest BCUT2D eigenvalue weighted by Crippen LogP contribution is -2.18. The zero-order valence-electron chi connectivity index (χ0n) is 10.3. The van der Waals surface area contributed by atoms with Gasteiger partial charge in [0.2, 0.25) is 0 Å². The van der Waals surface area contributed by atoms with Crippen LogP contribution in [0.25, 0.3) is 0 Å². The van der Waals surface area contributed by atoms with Crippen LogP contribution < -0.4 is 5.32 Å². The molecule has 1 heterocycles. The van der Waals surface area contributed by atoms with Crippen molar-refractivity contribution in [2.24, 2.45) is 0 Å². The Hall–Kier alpha value is -0.710. The summed E-state index contributed by atoms with van der Waals surface area (Å²) in [6.07, 6.45) is 0. The topological polar surface area (TPSA) is 12.0 Å². The Morgan fingerprint density at radius 3 is 2.72 bits per heavy atom. The van der Waals surface area contributed by atoms with Gasteiger partial charge in [0.1, 0.15) is 5.82 Å². The van der Waals surface area contributed by atoms with Crippen LogP contribution in [0.3, 0.4) is 0 Å². The Labute approximate surface area is 119 Å². The van der Waals surface area contributed by atoms with Crippen molar-refractivity contribution < 1.29 is 4.39 Å². The summed E-state index contributed by atoms with van der Waals surface area (Å²) < 4.78 is 14.7. The molecule has 1 aromatic heterocycles. The van der Waals surface area contributed by atoms with E-state index in [1.54, 1.807) is 17.4 Å². The average molecular weight is 328 g/mol. The Morgan fingerprint density at radius 1 is 1.39 bits per heavy atom. The van der Waals surface area contributed by atoms with E-state index in [-0.39, 0.29) is 11.9 Å². The molecule has 0 amide bonds. The van der Waals surface area contributed by atoms with Crippen LogP contribution in [-0.2, 0) is 6.54 Å². The summed E-state index contributed by atoms with van der Waals surface area (Å²) in [6, 6.07) is 9.02. The maximum atomic E-state index is 13.6. The van der Waals surface area contributed by atoms with Gasteiger partial charge in [0.25, 0.3) is 0 Å². The minimum atomic E-state index is -0.152. The molecule has 0 radical (unpaired) electrons. The zero-order valence-corrected chi connectivity index (χ0v) is 12.7. The van der Waals surface area contributed by atoms with Crippen molar-refractivity contribution in [2.75, 3.05) is 0 Å². The molecule has 0 saturated heterocycles. The number of nitrogens with one attached hydrogen (secondary N) is 1. The molecule has 18 heavy (non-hydrogen) atoms. The highest BCUT2D eigenvalue weighted by Gasteiger charge is 2.10. The maximum absolute atomic E-state index is 13.6. The monoisotopic (exact) mass is 327 g/mol. The van der Waals surface area contributed by atoms with Crippen molar-refractivity contribution in [3.8, 4) is 0 Å². The van der Waals surface area contributed by atoms with Gasteiger partial charge >= 0.3 is 0 Å². The molecule has 2 rings (SSSR count). The van der Waals surface area contributed by atoms with Crippen molar-refractivity contribution in [1.29, 1.82) is 0 Å². The lowest BCUT2D eigenvalue weighted by Gasteiger charge is -2.14. The van der Waals surface area contributed by atoms with Crippen molar-refractivity contribution >= 4 is 27.3 Å². The second-order valence-corrected chi connectivity index (χ2v) is 6.44. The second kappa shape index (κ2) is 5.95. The maximum Gasteiger partial charge on any atom is 0.127 e. The van der Waals surface area contributed by atoms with E-state index in [1.165, 1.54) is 15.8 Å². The van der Waals surface area contributed by atoms with Crippen LogP contribution in [0, 0.1) is 12.7 Å². The normalized spacial score (nSPS) is 12.7. The highest BCUT2D eigenvalue weighted by atomic mass is 79.9. The van der Waals surface area contributed by atoms with E-state index in [4.69, 9.17) is 0 Å². The van der Waals surface area contributed by atoms with Crippen molar-refractivity contribution in [1.82, 2.24) is 5.32 Å².